The normalized spacial score (nSPS) is 16.5. The lowest BCUT2D eigenvalue weighted by Crippen LogP contribution is -1.94. The zero-order valence-corrected chi connectivity index (χ0v) is 23.3. The fourth-order valence-electron chi connectivity index (χ4n) is 6.21. The third-order valence-corrected chi connectivity index (χ3v) is 8.02. The summed E-state index contributed by atoms with van der Waals surface area (Å²) in [6.07, 6.45) is 0. The van der Waals surface area contributed by atoms with Crippen LogP contribution in [-0.2, 0) is 0 Å². The van der Waals surface area contributed by atoms with Crippen LogP contribution in [0.4, 0.5) is 0 Å². The fraction of sp³-hybridized carbons (Fsp3) is 0. The lowest BCUT2D eigenvalue weighted by Gasteiger charge is -2.21. The largest absolute Gasteiger partial charge is 0.455 e. The Kier molecular flexibility index (Phi) is 3.28. The van der Waals surface area contributed by atoms with Gasteiger partial charge in [0.25, 0.3) is 0 Å². The van der Waals surface area contributed by atoms with Gasteiger partial charge in [-0.1, -0.05) is 157 Å². The van der Waals surface area contributed by atoms with Gasteiger partial charge in [0, 0.05) is 16.3 Å². The molecule has 9 aromatic rings. The zero-order valence-electron chi connectivity index (χ0n) is 39.3. The summed E-state index contributed by atoms with van der Waals surface area (Å²) >= 11 is 0. The first kappa shape index (κ1) is 14.2. The van der Waals surface area contributed by atoms with Crippen LogP contribution in [0.1, 0.15) is 21.9 Å². The van der Waals surface area contributed by atoms with Gasteiger partial charge in [-0.25, -0.2) is 0 Å². The Balaban J connectivity index is 1.52. The topological polar surface area (TPSA) is 13.1 Å². The summed E-state index contributed by atoms with van der Waals surface area (Å²) in [5, 5.41) is 1.64. The summed E-state index contributed by atoms with van der Waals surface area (Å²) in [4.78, 5) is 0. The zero-order chi connectivity index (χ0) is 43.7. The van der Waals surface area contributed by atoms with E-state index in [-0.39, 0.29) is 44.2 Å². The summed E-state index contributed by atoms with van der Waals surface area (Å²) in [5.41, 5.74) is 0.484. The Labute approximate surface area is 284 Å². The Hall–Kier alpha value is -5.92. The standard InChI is InChI=1S/C44H28O/c1-3-15-29(16-4-1)31-19-7-8-21-33(31)42-34-22-9-11-24-36(34)43(37-25-12-10-23-35(37)42)39-28-27-38-32-20-13-14-26-40(32)45-44(38)41(39)30-17-5-2-6-18-30/h1-28H/i1D,2D,3D,4D,5D,6D,13D,14D,15D,16D,17D,18D,20D,26D,27D,28D. The SMILES string of the molecule is [2H]c1c([2H])c([2H])c(-c2ccccc2-c2c3ccccc3c(-c3c([2H])c([2H])c4c(oc5c([2H])c([2H])c([2H])c([2H])c54)c3-c3c([2H])c([2H])c([2H])c([2H])c3[2H])c3ccccc23)c([2H])c1[2H]. The second-order valence-electron chi connectivity index (χ2n) is 10.4. The summed E-state index contributed by atoms with van der Waals surface area (Å²) in [5.74, 6) is 0. The molecule has 0 fully saturated rings. The molecule has 9 rings (SSSR count). The fourth-order valence-corrected chi connectivity index (χ4v) is 6.21. The van der Waals surface area contributed by atoms with Crippen molar-refractivity contribution in [2.45, 2.75) is 0 Å². The molecule has 0 aliphatic heterocycles. The summed E-state index contributed by atoms with van der Waals surface area (Å²) in [6.45, 7) is 0. The van der Waals surface area contributed by atoms with Crippen molar-refractivity contribution in [3.63, 3.8) is 0 Å². The van der Waals surface area contributed by atoms with E-state index in [1.54, 1.807) is 72.8 Å². The van der Waals surface area contributed by atoms with Crippen LogP contribution in [0.2, 0.25) is 0 Å². The molecule has 0 amide bonds. The molecule has 8 aromatic carbocycles. The molecular formula is C44H28O. The van der Waals surface area contributed by atoms with Crippen LogP contribution < -0.4 is 0 Å². The summed E-state index contributed by atoms with van der Waals surface area (Å²) in [7, 11) is 0. The second-order valence-corrected chi connectivity index (χ2v) is 10.4. The van der Waals surface area contributed by atoms with Gasteiger partial charge in [-0.05, 0) is 72.6 Å². The Morgan fingerprint density at radius 2 is 0.867 bits per heavy atom. The molecule has 0 spiro atoms. The third-order valence-electron chi connectivity index (χ3n) is 8.02. The molecule has 210 valence electrons. The van der Waals surface area contributed by atoms with Crippen LogP contribution in [0.5, 0.6) is 0 Å². The van der Waals surface area contributed by atoms with Gasteiger partial charge >= 0.3 is 0 Å². The molecule has 1 heteroatoms. The van der Waals surface area contributed by atoms with Gasteiger partial charge in [0.05, 0.1) is 21.9 Å². The Morgan fingerprint density at radius 1 is 0.356 bits per heavy atom. The maximum atomic E-state index is 9.78. The van der Waals surface area contributed by atoms with Gasteiger partial charge < -0.3 is 4.42 Å². The molecule has 0 N–H and O–H groups in total. The highest BCUT2D eigenvalue weighted by atomic mass is 16.3. The number of furan rings is 1. The number of hydrogen-bond donors (Lipinski definition) is 0. The first-order valence-electron chi connectivity index (χ1n) is 22.1. The number of fused-ring (bicyclic) bond motifs is 5. The number of rotatable bonds is 4. The number of hydrogen-bond acceptors (Lipinski definition) is 1. The van der Waals surface area contributed by atoms with E-state index in [4.69, 9.17) is 23.6 Å². The quantitative estimate of drug-likeness (QED) is 0.186. The molecule has 0 unspecified atom stereocenters. The van der Waals surface area contributed by atoms with Gasteiger partial charge in [-0.2, -0.15) is 0 Å². The van der Waals surface area contributed by atoms with E-state index >= 15 is 0 Å². The molecule has 1 nitrogen and oxygen atoms in total. The highest BCUT2D eigenvalue weighted by molar-refractivity contribution is 6.25. The van der Waals surface area contributed by atoms with E-state index < -0.39 is 96.7 Å². The molecule has 0 aliphatic rings. The number of para-hydroxylation sites is 1. The molecule has 45 heavy (non-hydrogen) atoms. The minimum atomic E-state index is -0.689. The third kappa shape index (κ3) is 4.02. The molecular weight excluding hydrogens is 544 g/mol. The second kappa shape index (κ2) is 10.4. The first-order chi connectivity index (χ1) is 29.0. The van der Waals surface area contributed by atoms with Crippen LogP contribution in [0, 0.1) is 0 Å². The van der Waals surface area contributed by atoms with Crippen molar-refractivity contribution >= 4 is 43.5 Å². The van der Waals surface area contributed by atoms with Crippen molar-refractivity contribution in [2.24, 2.45) is 0 Å². The Bertz CT molecular complexity index is 3330. The van der Waals surface area contributed by atoms with E-state index in [9.17, 15) is 2.74 Å². The molecule has 0 saturated carbocycles. The smallest absolute Gasteiger partial charge is 0.143 e. The summed E-state index contributed by atoms with van der Waals surface area (Å²) < 4.78 is 147. The van der Waals surface area contributed by atoms with Gasteiger partial charge in [0.2, 0.25) is 0 Å². The van der Waals surface area contributed by atoms with Crippen molar-refractivity contribution < 1.29 is 26.3 Å². The maximum Gasteiger partial charge on any atom is 0.143 e. The van der Waals surface area contributed by atoms with Crippen LogP contribution in [0.25, 0.3) is 88.0 Å². The molecule has 1 heterocycles. The van der Waals surface area contributed by atoms with Crippen molar-refractivity contribution in [1.29, 1.82) is 0 Å². The van der Waals surface area contributed by atoms with Crippen molar-refractivity contribution in [3.8, 4) is 44.5 Å². The van der Waals surface area contributed by atoms with E-state index in [1.807, 2.05) is 0 Å². The van der Waals surface area contributed by atoms with Crippen molar-refractivity contribution in [2.75, 3.05) is 0 Å². The highest BCUT2D eigenvalue weighted by Gasteiger charge is 2.23. The van der Waals surface area contributed by atoms with Crippen molar-refractivity contribution in [1.82, 2.24) is 0 Å². The minimum absolute atomic E-state index is 0.0147. The van der Waals surface area contributed by atoms with E-state index in [1.165, 1.54) is 0 Å². The van der Waals surface area contributed by atoms with Gasteiger partial charge in [-0.15, -0.1) is 0 Å². The molecule has 0 saturated heterocycles. The first-order valence-corrected chi connectivity index (χ1v) is 14.1. The minimum Gasteiger partial charge on any atom is -0.455 e. The lowest BCUT2D eigenvalue weighted by molar-refractivity contribution is 0.670. The van der Waals surface area contributed by atoms with Gasteiger partial charge in [0.1, 0.15) is 11.2 Å². The average molecular weight is 589 g/mol. The predicted octanol–water partition coefficient (Wildman–Crippen LogP) is 12.6. The number of benzene rings is 8. The van der Waals surface area contributed by atoms with Gasteiger partial charge in [0.15, 0.2) is 0 Å². The highest BCUT2D eigenvalue weighted by Crippen LogP contribution is 2.49. The van der Waals surface area contributed by atoms with Crippen LogP contribution in [0.3, 0.4) is 0 Å². The molecule has 0 aliphatic carbocycles. The van der Waals surface area contributed by atoms with E-state index in [0.29, 0.717) is 43.8 Å². The monoisotopic (exact) mass is 588 g/mol. The maximum absolute atomic E-state index is 9.78. The lowest BCUT2D eigenvalue weighted by atomic mass is 9.82. The summed E-state index contributed by atoms with van der Waals surface area (Å²) in [6, 6.07) is 12.1. The molecule has 0 radical (unpaired) electrons. The predicted molar refractivity (Wildman–Crippen MR) is 190 cm³/mol. The van der Waals surface area contributed by atoms with E-state index in [2.05, 4.69) is 0 Å². The van der Waals surface area contributed by atoms with Gasteiger partial charge in [-0.3, -0.25) is 0 Å². The van der Waals surface area contributed by atoms with Crippen molar-refractivity contribution in [3.05, 3.63) is 169 Å². The average Bonchev–Trinajstić information content (AvgIpc) is 3.67. The molecule has 1 aromatic heterocycles. The van der Waals surface area contributed by atoms with Crippen LogP contribution in [0.15, 0.2) is 174 Å². The Morgan fingerprint density at radius 3 is 1.51 bits per heavy atom. The van der Waals surface area contributed by atoms with Crippen LogP contribution in [-0.4, -0.2) is 0 Å². The molecule has 0 atom stereocenters. The van der Waals surface area contributed by atoms with E-state index in [0.717, 1.165) is 0 Å². The van der Waals surface area contributed by atoms with Crippen LogP contribution >= 0.6 is 0 Å². The molecule has 0 bridgehead atoms.